The Bertz CT molecular complexity index is 749. The molecule has 1 aromatic rings. The van der Waals surface area contributed by atoms with Crippen LogP contribution in [0.5, 0.6) is 5.75 Å². The van der Waals surface area contributed by atoms with Crippen molar-refractivity contribution in [2.75, 3.05) is 12.8 Å². The van der Waals surface area contributed by atoms with Crippen LogP contribution in [0.15, 0.2) is 18.2 Å². The van der Waals surface area contributed by atoms with E-state index in [1.807, 2.05) is 0 Å². The third-order valence-electron chi connectivity index (χ3n) is 3.34. The number of ether oxygens (including phenoxy) is 1. The van der Waals surface area contributed by atoms with Gasteiger partial charge in [-0.3, -0.25) is 9.36 Å². The van der Waals surface area contributed by atoms with Crippen molar-refractivity contribution >= 4 is 25.3 Å². The molecule has 0 aliphatic carbocycles. The SMILES string of the molecule is N[C@@H](CCP(=O)(O)C(O)c1ccc(OCC(=O)O)c(C(=O)O)c1)C(=O)O. The van der Waals surface area contributed by atoms with Gasteiger partial charge >= 0.3 is 17.9 Å². The summed E-state index contributed by atoms with van der Waals surface area (Å²) in [7, 11) is -4.31. The Morgan fingerprint density at radius 3 is 2.31 bits per heavy atom. The molecule has 0 radical (unpaired) electrons. The largest absolute Gasteiger partial charge is 0.481 e. The van der Waals surface area contributed by atoms with Crippen molar-refractivity contribution in [1.29, 1.82) is 0 Å². The molecular formula is C14H18NO10P. The molecule has 0 saturated carbocycles. The van der Waals surface area contributed by atoms with Crippen molar-refractivity contribution < 1.29 is 49.0 Å². The highest BCUT2D eigenvalue weighted by atomic mass is 31.2. The van der Waals surface area contributed by atoms with Crippen LogP contribution in [0, 0.1) is 0 Å². The van der Waals surface area contributed by atoms with E-state index in [4.69, 9.17) is 25.8 Å². The van der Waals surface area contributed by atoms with Crippen molar-refractivity contribution in [3.8, 4) is 5.75 Å². The first-order chi connectivity index (χ1) is 12.0. The van der Waals surface area contributed by atoms with Gasteiger partial charge < -0.3 is 35.8 Å². The van der Waals surface area contributed by atoms with Crippen molar-refractivity contribution in [2.24, 2.45) is 5.73 Å². The summed E-state index contributed by atoms with van der Waals surface area (Å²) in [5.74, 6) is -6.47. The van der Waals surface area contributed by atoms with E-state index < -0.39 is 55.5 Å². The predicted molar refractivity (Wildman–Crippen MR) is 86.4 cm³/mol. The first-order valence-electron chi connectivity index (χ1n) is 7.15. The summed E-state index contributed by atoms with van der Waals surface area (Å²) in [6, 6.07) is 1.65. The van der Waals surface area contributed by atoms with Gasteiger partial charge in [-0.2, -0.15) is 0 Å². The molecular weight excluding hydrogens is 373 g/mol. The van der Waals surface area contributed by atoms with Crippen LogP contribution in [0.3, 0.4) is 0 Å². The molecule has 144 valence electrons. The summed E-state index contributed by atoms with van der Waals surface area (Å²) in [6.45, 7) is -0.798. The number of aliphatic carboxylic acids is 2. The van der Waals surface area contributed by atoms with Crippen LogP contribution < -0.4 is 10.5 Å². The van der Waals surface area contributed by atoms with E-state index in [0.29, 0.717) is 0 Å². The highest BCUT2D eigenvalue weighted by Gasteiger charge is 2.32. The summed E-state index contributed by atoms with van der Waals surface area (Å²) < 4.78 is 17.0. The molecule has 0 bridgehead atoms. The zero-order valence-electron chi connectivity index (χ0n) is 13.3. The van der Waals surface area contributed by atoms with E-state index >= 15 is 0 Å². The predicted octanol–water partition coefficient (Wildman–Crippen LogP) is -0.0885. The lowest BCUT2D eigenvalue weighted by atomic mass is 10.1. The number of aliphatic hydroxyl groups is 1. The first-order valence-corrected chi connectivity index (χ1v) is 9.07. The van der Waals surface area contributed by atoms with E-state index in [9.17, 15) is 28.9 Å². The molecule has 0 aliphatic heterocycles. The average Bonchev–Trinajstić information content (AvgIpc) is 2.56. The van der Waals surface area contributed by atoms with Crippen molar-refractivity contribution in [3.05, 3.63) is 29.3 Å². The smallest absolute Gasteiger partial charge is 0.341 e. The highest BCUT2D eigenvalue weighted by Crippen LogP contribution is 2.54. The van der Waals surface area contributed by atoms with Crippen LogP contribution in [0.1, 0.15) is 28.2 Å². The molecule has 3 atom stereocenters. The van der Waals surface area contributed by atoms with Crippen LogP contribution in [0.25, 0.3) is 0 Å². The number of nitrogens with two attached hydrogens (primary N) is 1. The number of hydrogen-bond acceptors (Lipinski definition) is 7. The Balaban J connectivity index is 3.04. The highest BCUT2D eigenvalue weighted by molar-refractivity contribution is 7.58. The third-order valence-corrected chi connectivity index (χ3v) is 5.30. The summed E-state index contributed by atoms with van der Waals surface area (Å²) in [5, 5.41) is 36.5. The maximum absolute atomic E-state index is 12.2. The van der Waals surface area contributed by atoms with Crippen LogP contribution in [-0.4, -0.2) is 62.0 Å². The maximum Gasteiger partial charge on any atom is 0.341 e. The number of aromatic carboxylic acids is 1. The molecule has 0 spiro atoms. The molecule has 0 aromatic heterocycles. The lowest BCUT2D eigenvalue weighted by Gasteiger charge is -2.20. The second kappa shape index (κ2) is 8.77. The molecule has 2 unspecified atom stereocenters. The summed E-state index contributed by atoms with van der Waals surface area (Å²) in [5.41, 5.74) is 4.52. The molecule has 26 heavy (non-hydrogen) atoms. The van der Waals surface area contributed by atoms with Gasteiger partial charge in [0.2, 0.25) is 7.37 Å². The number of aliphatic hydroxyl groups excluding tert-OH is 1. The lowest BCUT2D eigenvalue weighted by molar-refractivity contribution is -0.139. The van der Waals surface area contributed by atoms with E-state index in [1.165, 1.54) is 0 Å². The minimum Gasteiger partial charge on any atom is -0.481 e. The normalized spacial score (nSPS) is 15.5. The quantitative estimate of drug-likeness (QED) is 0.291. The monoisotopic (exact) mass is 391 g/mol. The standard InChI is InChI=1S/C14H18NO10P/c15-9(13(20)21)3-4-26(23,24)14(22)7-1-2-10(25-6-11(16)17)8(5-7)12(18)19/h1-2,5,9,14,22H,3-4,6,15H2,(H,16,17)(H,18,19)(H,20,21)(H,23,24)/t9-,14?/m0/s1. The molecule has 11 nitrogen and oxygen atoms in total. The van der Waals surface area contributed by atoms with Gasteiger partial charge in [0, 0.05) is 6.16 Å². The maximum atomic E-state index is 12.2. The van der Waals surface area contributed by atoms with Gasteiger partial charge in [0.1, 0.15) is 17.4 Å². The minimum atomic E-state index is -4.31. The Kier molecular flexibility index (Phi) is 7.28. The van der Waals surface area contributed by atoms with Crippen LogP contribution >= 0.6 is 7.37 Å². The molecule has 7 N–H and O–H groups in total. The van der Waals surface area contributed by atoms with Gasteiger partial charge in [-0.25, -0.2) is 9.59 Å². The molecule has 0 amide bonds. The molecule has 0 heterocycles. The molecule has 12 heteroatoms. The van der Waals surface area contributed by atoms with E-state index in [-0.39, 0.29) is 17.7 Å². The Morgan fingerprint density at radius 1 is 1.19 bits per heavy atom. The van der Waals surface area contributed by atoms with Crippen molar-refractivity contribution in [1.82, 2.24) is 0 Å². The Morgan fingerprint density at radius 2 is 1.81 bits per heavy atom. The Hall–Kier alpha value is -2.46. The fourth-order valence-electron chi connectivity index (χ4n) is 1.94. The molecule has 0 aliphatic rings. The van der Waals surface area contributed by atoms with E-state index in [2.05, 4.69) is 0 Å². The summed E-state index contributed by atoms with van der Waals surface area (Å²) in [4.78, 5) is 42.3. The molecule has 1 rings (SSSR count). The summed E-state index contributed by atoms with van der Waals surface area (Å²) in [6.07, 6.45) is -0.965. The number of carboxylic acid groups (broad SMARTS) is 3. The Labute approximate surface area is 147 Å². The van der Waals surface area contributed by atoms with E-state index in [0.717, 1.165) is 18.2 Å². The average molecular weight is 391 g/mol. The van der Waals surface area contributed by atoms with Gasteiger partial charge in [-0.1, -0.05) is 6.07 Å². The second-order valence-electron chi connectivity index (χ2n) is 5.33. The number of hydrogen-bond donors (Lipinski definition) is 6. The van der Waals surface area contributed by atoms with Crippen LogP contribution in [0.2, 0.25) is 0 Å². The van der Waals surface area contributed by atoms with Crippen LogP contribution in [-0.2, 0) is 14.2 Å². The van der Waals surface area contributed by atoms with Gasteiger partial charge in [0.05, 0.1) is 0 Å². The second-order valence-corrected chi connectivity index (χ2v) is 7.78. The molecule has 0 saturated heterocycles. The first kappa shape index (κ1) is 21.6. The number of carboxylic acids is 3. The summed E-state index contributed by atoms with van der Waals surface area (Å²) >= 11 is 0. The number of benzene rings is 1. The van der Waals surface area contributed by atoms with Gasteiger partial charge in [0.15, 0.2) is 12.5 Å². The minimum absolute atomic E-state index is 0.222. The van der Waals surface area contributed by atoms with Gasteiger partial charge in [-0.15, -0.1) is 0 Å². The molecule has 0 fully saturated rings. The third kappa shape index (κ3) is 5.81. The van der Waals surface area contributed by atoms with Gasteiger partial charge in [-0.05, 0) is 24.1 Å². The van der Waals surface area contributed by atoms with Crippen LogP contribution in [0.4, 0.5) is 0 Å². The fourth-order valence-corrected chi connectivity index (χ4v) is 3.46. The zero-order valence-corrected chi connectivity index (χ0v) is 14.2. The van der Waals surface area contributed by atoms with E-state index in [1.54, 1.807) is 0 Å². The number of carbonyl (C=O) groups is 3. The number of rotatable bonds is 10. The fraction of sp³-hybridized carbons (Fsp3) is 0.357. The molecule has 1 aromatic carbocycles. The zero-order chi connectivity index (χ0) is 20.1. The van der Waals surface area contributed by atoms with Gasteiger partial charge in [0.25, 0.3) is 0 Å². The lowest BCUT2D eigenvalue weighted by Crippen LogP contribution is -2.31. The van der Waals surface area contributed by atoms with Crippen molar-refractivity contribution in [2.45, 2.75) is 18.3 Å². The van der Waals surface area contributed by atoms with Crippen molar-refractivity contribution in [3.63, 3.8) is 0 Å². The topological polar surface area (TPSA) is 205 Å².